The lowest BCUT2D eigenvalue weighted by atomic mass is 9.68. The number of hydrogen-bond acceptors (Lipinski definition) is 2. The highest BCUT2D eigenvalue weighted by atomic mass is 127. The van der Waals surface area contributed by atoms with Crippen LogP contribution in [0.2, 0.25) is 0 Å². The molecule has 21 heavy (non-hydrogen) atoms. The minimum atomic E-state index is 0. The zero-order chi connectivity index (χ0) is 14.6. The number of rotatable bonds is 4. The van der Waals surface area contributed by atoms with Gasteiger partial charge >= 0.3 is 0 Å². The molecule has 0 radical (unpaired) electrons. The summed E-state index contributed by atoms with van der Waals surface area (Å²) in [5.74, 6) is 1.12. The molecule has 1 aliphatic carbocycles. The predicted molar refractivity (Wildman–Crippen MR) is 102 cm³/mol. The highest BCUT2D eigenvalue weighted by Crippen LogP contribution is 2.47. The van der Waals surface area contributed by atoms with Crippen LogP contribution in [0.15, 0.2) is 4.99 Å². The molecule has 2 aliphatic rings. The number of aliphatic imine (C=N–C) groups is 1. The van der Waals surface area contributed by atoms with Crippen molar-refractivity contribution in [3.05, 3.63) is 0 Å². The van der Waals surface area contributed by atoms with Gasteiger partial charge in [0.15, 0.2) is 5.96 Å². The fourth-order valence-corrected chi connectivity index (χ4v) is 3.22. The largest absolute Gasteiger partial charge is 0.357 e. The Labute approximate surface area is 147 Å². The van der Waals surface area contributed by atoms with Gasteiger partial charge in [-0.1, -0.05) is 6.42 Å². The molecule has 2 fully saturated rings. The van der Waals surface area contributed by atoms with E-state index in [1.807, 2.05) is 0 Å². The second kappa shape index (κ2) is 7.99. The van der Waals surface area contributed by atoms with E-state index in [-0.39, 0.29) is 29.5 Å². The summed E-state index contributed by atoms with van der Waals surface area (Å²) in [4.78, 5) is 7.26. The van der Waals surface area contributed by atoms with Gasteiger partial charge in [0.2, 0.25) is 0 Å². The van der Waals surface area contributed by atoms with Crippen molar-refractivity contribution < 1.29 is 0 Å². The Balaban J connectivity index is 0.00000220. The fourth-order valence-electron chi connectivity index (χ4n) is 3.22. The van der Waals surface area contributed by atoms with Crippen LogP contribution in [0, 0.1) is 5.41 Å². The first-order valence-corrected chi connectivity index (χ1v) is 8.22. The van der Waals surface area contributed by atoms with Crippen molar-refractivity contribution in [2.24, 2.45) is 10.4 Å². The molecule has 0 aromatic carbocycles. The van der Waals surface area contributed by atoms with Gasteiger partial charge in [0.05, 0.1) is 6.54 Å². The lowest BCUT2D eigenvalue weighted by Gasteiger charge is -2.38. The van der Waals surface area contributed by atoms with E-state index in [4.69, 9.17) is 4.99 Å². The third-order valence-corrected chi connectivity index (χ3v) is 4.52. The van der Waals surface area contributed by atoms with Crippen molar-refractivity contribution in [1.29, 1.82) is 0 Å². The predicted octanol–water partition coefficient (Wildman–Crippen LogP) is 2.83. The highest BCUT2D eigenvalue weighted by Gasteiger charge is 2.43. The van der Waals surface area contributed by atoms with Gasteiger partial charge in [-0.2, -0.15) is 0 Å². The summed E-state index contributed by atoms with van der Waals surface area (Å²) in [6, 6.07) is 0. The number of likely N-dealkylation sites (tertiary alicyclic amines) is 1. The summed E-state index contributed by atoms with van der Waals surface area (Å²) < 4.78 is 0. The summed E-state index contributed by atoms with van der Waals surface area (Å²) in [6.45, 7) is 13.9. The molecule has 0 bridgehead atoms. The van der Waals surface area contributed by atoms with Crippen LogP contribution in [0.4, 0.5) is 0 Å². The second-order valence-electron chi connectivity index (χ2n) is 7.44. The molecule has 5 heteroatoms. The van der Waals surface area contributed by atoms with Gasteiger partial charge in [-0.05, 0) is 52.4 Å². The molecule has 0 atom stereocenters. The molecule has 4 nitrogen and oxygen atoms in total. The Kier molecular flexibility index (Phi) is 7.24. The maximum absolute atomic E-state index is 4.79. The number of halogens is 1. The van der Waals surface area contributed by atoms with E-state index >= 15 is 0 Å². The van der Waals surface area contributed by atoms with E-state index in [9.17, 15) is 0 Å². The number of nitrogens with zero attached hydrogens (tertiary/aromatic N) is 2. The Bertz CT molecular complexity index is 345. The van der Waals surface area contributed by atoms with Crippen LogP contribution in [0.5, 0.6) is 0 Å². The molecule has 0 aromatic rings. The third-order valence-electron chi connectivity index (χ3n) is 4.52. The number of guanidine groups is 1. The summed E-state index contributed by atoms with van der Waals surface area (Å²) >= 11 is 0. The van der Waals surface area contributed by atoms with Gasteiger partial charge in [0.25, 0.3) is 0 Å². The average Bonchev–Trinajstić information content (AvgIpc) is 2.77. The maximum Gasteiger partial charge on any atom is 0.193 e. The van der Waals surface area contributed by atoms with Gasteiger partial charge in [0.1, 0.15) is 0 Å². The van der Waals surface area contributed by atoms with Gasteiger partial charge < -0.3 is 15.5 Å². The molecular formula is C16H33IN4. The molecule has 2 N–H and O–H groups in total. The Hall–Kier alpha value is -0.0400. The standard InChI is InChI=1S/C16H32N4.HI/c1-5-17-14(18-10-11-19-15(2,3)4)20-12-9-16(13-20)7-6-8-16;/h19H,5-13H2,1-4H3,(H,17,18);1H. The minimum absolute atomic E-state index is 0. The van der Waals surface area contributed by atoms with E-state index in [1.165, 1.54) is 38.8 Å². The van der Waals surface area contributed by atoms with Crippen molar-refractivity contribution in [1.82, 2.24) is 15.5 Å². The van der Waals surface area contributed by atoms with Crippen LogP contribution in [-0.4, -0.2) is 49.1 Å². The topological polar surface area (TPSA) is 39.7 Å². The second-order valence-corrected chi connectivity index (χ2v) is 7.44. The summed E-state index contributed by atoms with van der Waals surface area (Å²) in [6.07, 6.45) is 5.64. The van der Waals surface area contributed by atoms with Crippen LogP contribution in [0.3, 0.4) is 0 Å². The summed E-state index contributed by atoms with van der Waals surface area (Å²) in [5.41, 5.74) is 0.817. The van der Waals surface area contributed by atoms with Crippen molar-refractivity contribution in [2.45, 2.75) is 58.9 Å². The molecule has 1 saturated heterocycles. The first-order chi connectivity index (χ1) is 9.44. The highest BCUT2D eigenvalue weighted by molar-refractivity contribution is 14.0. The molecule has 1 heterocycles. The van der Waals surface area contributed by atoms with Crippen LogP contribution in [0.25, 0.3) is 0 Å². The first kappa shape index (κ1) is 19.0. The summed E-state index contributed by atoms with van der Waals surface area (Å²) in [7, 11) is 0. The minimum Gasteiger partial charge on any atom is -0.357 e. The fraction of sp³-hybridized carbons (Fsp3) is 0.938. The van der Waals surface area contributed by atoms with Gasteiger partial charge in [-0.3, -0.25) is 4.99 Å². The van der Waals surface area contributed by atoms with Crippen LogP contribution >= 0.6 is 24.0 Å². The first-order valence-electron chi connectivity index (χ1n) is 8.22. The van der Waals surface area contributed by atoms with E-state index in [0.29, 0.717) is 5.41 Å². The van der Waals surface area contributed by atoms with E-state index in [1.54, 1.807) is 0 Å². The van der Waals surface area contributed by atoms with Crippen molar-refractivity contribution in [3.8, 4) is 0 Å². The monoisotopic (exact) mass is 408 g/mol. The van der Waals surface area contributed by atoms with Gasteiger partial charge in [0, 0.05) is 31.7 Å². The third kappa shape index (κ3) is 5.58. The van der Waals surface area contributed by atoms with Gasteiger partial charge in [-0.15, -0.1) is 24.0 Å². The molecular weight excluding hydrogens is 375 g/mol. The molecule has 124 valence electrons. The maximum atomic E-state index is 4.79. The van der Waals surface area contributed by atoms with Crippen molar-refractivity contribution in [3.63, 3.8) is 0 Å². The molecule has 0 unspecified atom stereocenters. The Morgan fingerprint density at radius 2 is 1.95 bits per heavy atom. The Morgan fingerprint density at radius 3 is 2.43 bits per heavy atom. The number of nitrogens with one attached hydrogen (secondary N) is 2. The van der Waals surface area contributed by atoms with Crippen molar-refractivity contribution >= 4 is 29.9 Å². The lowest BCUT2D eigenvalue weighted by Crippen LogP contribution is -2.43. The zero-order valence-electron chi connectivity index (χ0n) is 14.2. The average molecular weight is 408 g/mol. The lowest BCUT2D eigenvalue weighted by molar-refractivity contribution is 0.151. The SMILES string of the molecule is CCNC(=NCCNC(C)(C)C)N1CCC2(CCC2)C1.I. The van der Waals surface area contributed by atoms with Crippen LogP contribution in [0.1, 0.15) is 53.4 Å². The quantitative estimate of drug-likeness (QED) is 0.325. The van der Waals surface area contributed by atoms with E-state index < -0.39 is 0 Å². The van der Waals surface area contributed by atoms with Crippen LogP contribution in [-0.2, 0) is 0 Å². The Morgan fingerprint density at radius 1 is 1.24 bits per heavy atom. The molecule has 1 aliphatic heterocycles. The molecule has 0 amide bonds. The summed E-state index contributed by atoms with van der Waals surface area (Å²) in [5, 5.41) is 6.95. The molecule has 1 saturated carbocycles. The smallest absolute Gasteiger partial charge is 0.193 e. The molecule has 1 spiro atoms. The van der Waals surface area contributed by atoms with E-state index in [0.717, 1.165) is 25.6 Å². The zero-order valence-corrected chi connectivity index (χ0v) is 16.5. The normalized spacial score (nSPS) is 21.1. The molecule has 0 aromatic heterocycles. The molecule has 2 rings (SSSR count). The van der Waals surface area contributed by atoms with Crippen LogP contribution < -0.4 is 10.6 Å². The number of hydrogen-bond donors (Lipinski definition) is 2. The van der Waals surface area contributed by atoms with Gasteiger partial charge in [-0.25, -0.2) is 0 Å². The van der Waals surface area contributed by atoms with E-state index in [2.05, 4.69) is 43.2 Å². The van der Waals surface area contributed by atoms with Crippen molar-refractivity contribution in [2.75, 3.05) is 32.7 Å².